The molecule has 0 unspecified atom stereocenters. The lowest BCUT2D eigenvalue weighted by molar-refractivity contribution is 1.06. The van der Waals surface area contributed by atoms with E-state index in [1.807, 2.05) is 0 Å². The summed E-state index contributed by atoms with van der Waals surface area (Å²) in [7, 11) is 0. The first-order valence-electron chi connectivity index (χ1n) is 30.2. The molecule has 3 heteroatoms. The minimum Gasteiger partial charge on any atom is -0.309 e. The average molecular weight is 1080 g/mol. The average Bonchev–Trinajstić information content (AvgIpc) is 3.77. The van der Waals surface area contributed by atoms with Crippen molar-refractivity contribution < 1.29 is 0 Å². The van der Waals surface area contributed by atoms with E-state index in [2.05, 4.69) is 289 Å². The van der Waals surface area contributed by atoms with Crippen LogP contribution in [0.1, 0.15) is 70.8 Å². The summed E-state index contributed by atoms with van der Waals surface area (Å²) >= 11 is 0. The van der Waals surface area contributed by atoms with Gasteiger partial charge in [-0.15, -0.1) is 0 Å². The van der Waals surface area contributed by atoms with Crippen LogP contribution in [0.2, 0.25) is 0 Å². The molecular weight excluding hydrogens is 1010 g/mol. The molecule has 12 aromatic carbocycles. The number of hydrogen-bond donors (Lipinski definition) is 0. The number of rotatable bonds is 6. The van der Waals surface area contributed by atoms with Gasteiger partial charge in [-0.3, -0.25) is 0 Å². The first-order valence-corrected chi connectivity index (χ1v) is 30.2. The zero-order valence-corrected chi connectivity index (χ0v) is 47.8. The van der Waals surface area contributed by atoms with E-state index in [0.717, 1.165) is 38.5 Å². The molecule has 0 radical (unpaired) electrons. The lowest BCUT2D eigenvalue weighted by atomic mass is 9.96. The van der Waals surface area contributed by atoms with Gasteiger partial charge >= 0.3 is 0 Å². The molecule has 18 rings (SSSR count). The Morgan fingerprint density at radius 3 is 1.18 bits per heavy atom. The number of fused-ring (bicyclic) bond motifs is 18. The Morgan fingerprint density at radius 2 is 0.679 bits per heavy atom. The van der Waals surface area contributed by atoms with Crippen molar-refractivity contribution >= 4 is 65.4 Å². The summed E-state index contributed by atoms with van der Waals surface area (Å²) in [5, 5.41) is 7.92. The van der Waals surface area contributed by atoms with Crippen LogP contribution in [0.4, 0.5) is 0 Å². The number of hydrogen-bond acceptors (Lipinski definition) is 0. The Morgan fingerprint density at radius 1 is 0.274 bits per heavy atom. The molecule has 402 valence electrons. The summed E-state index contributed by atoms with van der Waals surface area (Å²) in [5.41, 5.74) is 33.1. The molecule has 3 aliphatic rings. The molecule has 0 aliphatic heterocycles. The van der Waals surface area contributed by atoms with Crippen molar-refractivity contribution in [3.8, 4) is 50.4 Å². The standard InChI is InChI=1S/3C27H21N/c1-2-18-15-20(17-25-21-10-4-3-9-19(21)16-24(18)25)28-26-13-7-5-11-22(26)23-12-6-8-14-27(23)28;1-2-18-15-20-16-19-9-3-4-10-21(19)24(20)17-27(18)28-25-13-7-5-11-22(25)23-12-6-8-14-26(23)28;1-2-20-26(16-15-19-17-18-9-3-4-10-21(18)27(19)20)28-24-13-7-5-11-22(24)23-12-6-8-14-25(23)28/h2*3-15,17H,2,16H2,1H3;3-16H,2,17H2,1H3. The van der Waals surface area contributed by atoms with Gasteiger partial charge in [-0.25, -0.2) is 0 Å². The van der Waals surface area contributed by atoms with Crippen LogP contribution in [0.3, 0.4) is 0 Å². The fourth-order valence-electron chi connectivity index (χ4n) is 14.9. The Hall–Kier alpha value is -9.96. The zero-order valence-electron chi connectivity index (χ0n) is 47.8. The van der Waals surface area contributed by atoms with E-state index in [9.17, 15) is 0 Å². The summed E-state index contributed by atoms with van der Waals surface area (Å²) in [5.74, 6) is 0. The number of para-hydroxylation sites is 6. The van der Waals surface area contributed by atoms with Gasteiger partial charge in [-0.05, 0) is 183 Å². The SMILES string of the molecule is CCc1c(-n2c3ccccc3c3ccccc32)ccc2c1-c1ccccc1C2.CCc1cc(-n2c3ccccc3c3ccccc32)cc2c1Cc1ccccc1-2.CCc1cc2c(cc1-n1c3ccccc3c3ccccc31)-c1ccccc1C2. The van der Waals surface area contributed by atoms with Gasteiger partial charge in [0.15, 0.2) is 0 Å². The van der Waals surface area contributed by atoms with Crippen LogP contribution in [-0.2, 0) is 38.5 Å². The summed E-state index contributed by atoms with van der Waals surface area (Å²) in [6.07, 6.45) is 6.26. The van der Waals surface area contributed by atoms with Gasteiger partial charge in [0, 0.05) is 49.4 Å². The largest absolute Gasteiger partial charge is 0.309 e. The van der Waals surface area contributed by atoms with Crippen LogP contribution in [0, 0.1) is 0 Å². The van der Waals surface area contributed by atoms with E-state index in [-0.39, 0.29) is 0 Å². The van der Waals surface area contributed by atoms with Crippen molar-refractivity contribution in [1.29, 1.82) is 0 Å². The van der Waals surface area contributed by atoms with E-state index in [1.54, 1.807) is 0 Å². The van der Waals surface area contributed by atoms with Gasteiger partial charge in [0.1, 0.15) is 0 Å². The molecule has 0 saturated heterocycles. The molecule has 15 aromatic rings. The Kier molecular flexibility index (Phi) is 12.0. The second kappa shape index (κ2) is 20.2. The molecule has 0 saturated carbocycles. The van der Waals surface area contributed by atoms with Crippen LogP contribution < -0.4 is 0 Å². The molecule has 0 atom stereocenters. The molecule has 3 aromatic heterocycles. The third kappa shape index (κ3) is 7.79. The lowest BCUT2D eigenvalue weighted by Crippen LogP contribution is -2.01. The summed E-state index contributed by atoms with van der Waals surface area (Å²) in [6.45, 7) is 6.82. The molecular formula is C81H63N3. The van der Waals surface area contributed by atoms with Crippen molar-refractivity contribution in [2.45, 2.75) is 59.3 Å². The van der Waals surface area contributed by atoms with Gasteiger partial charge in [0.05, 0.1) is 33.1 Å². The van der Waals surface area contributed by atoms with Crippen LogP contribution in [0.5, 0.6) is 0 Å². The number of aryl methyl sites for hydroxylation is 2. The minimum atomic E-state index is 1.02. The summed E-state index contributed by atoms with van der Waals surface area (Å²) in [6, 6.07) is 93.5. The maximum Gasteiger partial charge on any atom is 0.0541 e. The quantitative estimate of drug-likeness (QED) is 0.158. The first-order chi connectivity index (χ1) is 41.6. The Balaban J connectivity index is 0.000000103. The normalized spacial score (nSPS) is 12.5. The second-order valence-corrected chi connectivity index (χ2v) is 23.0. The molecule has 3 nitrogen and oxygen atoms in total. The van der Waals surface area contributed by atoms with Gasteiger partial charge in [-0.1, -0.05) is 215 Å². The van der Waals surface area contributed by atoms with Crippen molar-refractivity contribution in [2.24, 2.45) is 0 Å². The maximum atomic E-state index is 2.46. The van der Waals surface area contributed by atoms with E-state index in [4.69, 9.17) is 0 Å². The first kappa shape index (κ1) is 49.8. The fraction of sp³-hybridized carbons (Fsp3) is 0.111. The smallest absolute Gasteiger partial charge is 0.0541 e. The van der Waals surface area contributed by atoms with E-state index in [0.29, 0.717) is 0 Å². The second-order valence-electron chi connectivity index (χ2n) is 23.0. The van der Waals surface area contributed by atoms with Gasteiger partial charge < -0.3 is 13.7 Å². The lowest BCUT2D eigenvalue weighted by Gasteiger charge is -2.17. The maximum absolute atomic E-state index is 2.46. The van der Waals surface area contributed by atoms with Crippen molar-refractivity contribution in [1.82, 2.24) is 13.7 Å². The fourth-order valence-corrected chi connectivity index (χ4v) is 14.9. The summed E-state index contributed by atoms with van der Waals surface area (Å²) < 4.78 is 7.36. The number of benzene rings is 12. The molecule has 0 bridgehead atoms. The van der Waals surface area contributed by atoms with Crippen molar-refractivity contribution in [2.75, 3.05) is 0 Å². The molecule has 0 fully saturated rings. The highest BCUT2D eigenvalue weighted by molar-refractivity contribution is 6.11. The third-order valence-corrected chi connectivity index (χ3v) is 18.6. The number of aromatic nitrogens is 3. The predicted molar refractivity (Wildman–Crippen MR) is 355 cm³/mol. The molecule has 3 heterocycles. The molecule has 0 N–H and O–H groups in total. The monoisotopic (exact) mass is 1080 g/mol. The van der Waals surface area contributed by atoms with Crippen LogP contribution in [0.15, 0.2) is 255 Å². The van der Waals surface area contributed by atoms with Crippen LogP contribution in [0.25, 0.3) is 116 Å². The van der Waals surface area contributed by atoms with Gasteiger partial charge in [0.25, 0.3) is 0 Å². The van der Waals surface area contributed by atoms with Crippen molar-refractivity contribution in [3.05, 3.63) is 305 Å². The van der Waals surface area contributed by atoms with Crippen LogP contribution >= 0.6 is 0 Å². The Bertz CT molecular complexity index is 4860. The summed E-state index contributed by atoms with van der Waals surface area (Å²) in [4.78, 5) is 0. The molecule has 3 aliphatic carbocycles. The highest BCUT2D eigenvalue weighted by Crippen LogP contribution is 2.46. The molecule has 0 amide bonds. The van der Waals surface area contributed by atoms with Gasteiger partial charge in [0.2, 0.25) is 0 Å². The van der Waals surface area contributed by atoms with Crippen molar-refractivity contribution in [3.63, 3.8) is 0 Å². The third-order valence-electron chi connectivity index (χ3n) is 18.6. The molecule has 84 heavy (non-hydrogen) atoms. The highest BCUT2D eigenvalue weighted by atomic mass is 15.0. The molecule has 0 spiro atoms. The topological polar surface area (TPSA) is 14.8 Å². The van der Waals surface area contributed by atoms with E-state index < -0.39 is 0 Å². The highest BCUT2D eigenvalue weighted by Gasteiger charge is 2.27. The zero-order chi connectivity index (χ0) is 56.0. The Labute approximate surface area is 491 Å². The van der Waals surface area contributed by atoms with Gasteiger partial charge in [-0.2, -0.15) is 0 Å². The number of nitrogens with zero attached hydrogens (tertiary/aromatic N) is 3. The van der Waals surface area contributed by atoms with Crippen LogP contribution in [-0.4, -0.2) is 13.7 Å². The van der Waals surface area contributed by atoms with E-state index in [1.165, 1.54) is 166 Å². The minimum absolute atomic E-state index is 1.02. The predicted octanol–water partition coefficient (Wildman–Crippen LogP) is 20.8. The van der Waals surface area contributed by atoms with E-state index >= 15 is 0 Å².